The highest BCUT2D eigenvalue weighted by Gasteiger charge is 2.53. The fraction of sp³-hybridized carbons (Fsp3) is 0.565. The second kappa shape index (κ2) is 8.56. The number of rotatable bonds is 3. The molecule has 2 aliphatic heterocycles. The van der Waals surface area contributed by atoms with E-state index in [2.05, 4.69) is 27.7 Å². The summed E-state index contributed by atoms with van der Waals surface area (Å²) in [5, 5.41) is 2.04. The van der Waals surface area contributed by atoms with Crippen molar-refractivity contribution < 1.29 is 23.4 Å². The molecule has 0 N–H and O–H groups in total. The lowest BCUT2D eigenvalue weighted by molar-refractivity contribution is 0.00578. The van der Waals surface area contributed by atoms with Gasteiger partial charge in [0.2, 0.25) is 0 Å². The van der Waals surface area contributed by atoms with Crippen molar-refractivity contribution in [1.29, 1.82) is 0 Å². The first-order valence-corrected chi connectivity index (χ1v) is 11.6. The summed E-state index contributed by atoms with van der Waals surface area (Å²) in [6.45, 7) is 16.5. The molecule has 168 valence electrons. The number of para-hydroxylation sites is 1. The predicted molar refractivity (Wildman–Crippen MR) is 129 cm³/mol. The molecule has 0 spiro atoms. The lowest BCUT2D eigenvalue weighted by Crippen LogP contribution is -2.41. The minimum absolute atomic E-state index is 0.194. The summed E-state index contributed by atoms with van der Waals surface area (Å²) in [5.41, 5.74) is -0.172. The topological polar surface area (TPSA) is 46.2 Å². The highest BCUT2D eigenvalue weighted by Crippen LogP contribution is 2.37. The van der Waals surface area contributed by atoms with Crippen LogP contribution >= 0.6 is 11.3 Å². The summed E-state index contributed by atoms with van der Waals surface area (Å²) in [4.78, 5) is 0. The van der Waals surface area contributed by atoms with Gasteiger partial charge in [0, 0.05) is 10.2 Å². The molecule has 5 nitrogen and oxygen atoms in total. The molecule has 2 aliphatic rings. The van der Waals surface area contributed by atoms with Gasteiger partial charge in [-0.25, -0.2) is 0 Å². The van der Waals surface area contributed by atoms with Crippen molar-refractivity contribution in [2.24, 2.45) is 0 Å². The Hall–Kier alpha value is -1.31. The molecule has 2 fully saturated rings. The Labute approximate surface area is 191 Å². The van der Waals surface area contributed by atoms with E-state index in [1.54, 1.807) is 18.4 Å². The number of ether oxygens (including phenoxy) is 1. The van der Waals surface area contributed by atoms with Gasteiger partial charge >= 0.3 is 14.2 Å². The molecule has 0 atom stereocenters. The van der Waals surface area contributed by atoms with E-state index in [1.807, 2.05) is 69.5 Å². The van der Waals surface area contributed by atoms with Crippen LogP contribution in [0.3, 0.4) is 0 Å². The Morgan fingerprint density at radius 3 is 1.61 bits per heavy atom. The third kappa shape index (κ3) is 4.88. The Morgan fingerprint density at radius 1 is 0.677 bits per heavy atom. The van der Waals surface area contributed by atoms with Gasteiger partial charge in [-0.3, -0.25) is 0 Å². The molecule has 8 heteroatoms. The molecule has 3 heterocycles. The normalized spacial score (nSPS) is 22.7. The van der Waals surface area contributed by atoms with Crippen LogP contribution in [0.25, 0.3) is 0 Å². The van der Waals surface area contributed by atoms with Gasteiger partial charge in [0.25, 0.3) is 0 Å². The zero-order valence-electron chi connectivity index (χ0n) is 20.1. The molecule has 0 unspecified atom stereocenters. The van der Waals surface area contributed by atoms with E-state index in [0.717, 1.165) is 16.0 Å². The molecule has 0 bridgehead atoms. The molecule has 2 saturated heterocycles. The molecule has 0 radical (unpaired) electrons. The molecule has 4 rings (SSSR count). The van der Waals surface area contributed by atoms with Crippen molar-refractivity contribution in [2.45, 2.75) is 77.8 Å². The van der Waals surface area contributed by atoms with Gasteiger partial charge in [0.05, 0.1) is 29.5 Å². The monoisotopic (exact) mass is 444 g/mol. The lowest BCUT2D eigenvalue weighted by atomic mass is 9.78. The Balaban J connectivity index is 0.000000179. The number of hydrogen-bond acceptors (Lipinski definition) is 6. The maximum atomic E-state index is 5.99. The Kier molecular flexibility index (Phi) is 6.72. The third-order valence-corrected chi connectivity index (χ3v) is 7.57. The largest absolute Gasteiger partial charge is 0.505 e. The summed E-state index contributed by atoms with van der Waals surface area (Å²) < 4.78 is 30.3. The number of hydrogen-bond donors (Lipinski definition) is 0. The fourth-order valence-corrected chi connectivity index (χ4v) is 3.89. The molecule has 1 aromatic carbocycles. The van der Waals surface area contributed by atoms with E-state index in [9.17, 15) is 0 Å². The third-order valence-electron chi connectivity index (χ3n) is 6.67. The van der Waals surface area contributed by atoms with Gasteiger partial charge in [0.15, 0.2) is 0 Å². The minimum Gasteiger partial charge on any atom is -0.497 e. The van der Waals surface area contributed by atoms with E-state index in [0.29, 0.717) is 0 Å². The first-order valence-electron chi connectivity index (χ1n) is 10.7. The summed E-state index contributed by atoms with van der Waals surface area (Å²) >= 11 is 1.67. The van der Waals surface area contributed by atoms with Crippen LogP contribution in [0.5, 0.6) is 5.75 Å². The van der Waals surface area contributed by atoms with Gasteiger partial charge in [-0.05, 0) is 66.8 Å². The van der Waals surface area contributed by atoms with Crippen LogP contribution in [0.2, 0.25) is 0 Å². The van der Waals surface area contributed by atoms with Crippen LogP contribution in [0.4, 0.5) is 0 Å². The average molecular weight is 444 g/mol. The Bertz CT molecular complexity index is 848. The first-order chi connectivity index (χ1) is 14.3. The summed E-state index contributed by atoms with van der Waals surface area (Å²) in [7, 11) is 1.10. The van der Waals surface area contributed by atoms with Crippen LogP contribution in [0, 0.1) is 0 Å². The van der Waals surface area contributed by atoms with E-state index in [4.69, 9.17) is 23.4 Å². The van der Waals surface area contributed by atoms with Crippen LogP contribution in [-0.4, -0.2) is 43.8 Å². The molecule has 1 aromatic heterocycles. The lowest BCUT2D eigenvalue weighted by Gasteiger charge is -2.32. The van der Waals surface area contributed by atoms with Crippen molar-refractivity contribution in [2.75, 3.05) is 7.11 Å². The minimum atomic E-state index is -0.365. The highest BCUT2D eigenvalue weighted by molar-refractivity contribution is 7.20. The first kappa shape index (κ1) is 24.3. The van der Waals surface area contributed by atoms with Crippen molar-refractivity contribution >= 4 is 35.8 Å². The van der Waals surface area contributed by atoms with E-state index >= 15 is 0 Å². The maximum absolute atomic E-state index is 5.99. The van der Waals surface area contributed by atoms with Crippen LogP contribution in [-0.2, 0) is 18.6 Å². The van der Waals surface area contributed by atoms with Crippen molar-refractivity contribution in [3.8, 4) is 5.75 Å². The fourth-order valence-electron chi connectivity index (χ4n) is 3.22. The summed E-state index contributed by atoms with van der Waals surface area (Å²) in [6.07, 6.45) is 0. The van der Waals surface area contributed by atoms with E-state index < -0.39 is 0 Å². The molecule has 0 saturated carbocycles. The number of thiophene rings is 1. The van der Waals surface area contributed by atoms with E-state index in [1.165, 1.54) is 0 Å². The van der Waals surface area contributed by atoms with Gasteiger partial charge < -0.3 is 23.4 Å². The number of methoxy groups -OCH3 is 1. The number of benzene rings is 1. The SMILES string of the molecule is CC1(C)OB(c2cccs2)OC1(C)C.COc1ccccc1B1OC(C)(C)C(C)(C)O1. The van der Waals surface area contributed by atoms with Crippen LogP contribution in [0.15, 0.2) is 41.8 Å². The van der Waals surface area contributed by atoms with Crippen LogP contribution < -0.4 is 15.0 Å². The van der Waals surface area contributed by atoms with Gasteiger partial charge in [-0.1, -0.05) is 30.3 Å². The second-order valence-corrected chi connectivity index (χ2v) is 10.9. The van der Waals surface area contributed by atoms with Gasteiger partial charge in [-0.2, -0.15) is 11.3 Å². The predicted octanol–water partition coefficient (Wildman–Crippen LogP) is 4.04. The second-order valence-electron chi connectivity index (χ2n) is 9.93. The molecule has 0 amide bonds. The molecule has 0 aliphatic carbocycles. The zero-order valence-corrected chi connectivity index (χ0v) is 21.0. The van der Waals surface area contributed by atoms with Gasteiger partial charge in [-0.15, -0.1) is 0 Å². The summed E-state index contributed by atoms with van der Waals surface area (Å²) in [5.74, 6) is 0.797. The standard InChI is InChI=1S/C13H19BO3.C10H15BO2S/c1-12(2)13(3,4)17-14(16-12)10-8-6-7-9-11(10)15-5;1-9(2)10(3,4)13-11(12-9)8-6-5-7-14-8/h6-9H,1-5H3;5-7H,1-4H3. The molecule has 2 aromatic rings. The highest BCUT2D eigenvalue weighted by atomic mass is 32.1. The molecular weight excluding hydrogens is 410 g/mol. The van der Waals surface area contributed by atoms with Crippen molar-refractivity contribution in [3.63, 3.8) is 0 Å². The van der Waals surface area contributed by atoms with Crippen molar-refractivity contribution in [1.82, 2.24) is 0 Å². The van der Waals surface area contributed by atoms with Crippen molar-refractivity contribution in [3.05, 3.63) is 41.8 Å². The molecule has 31 heavy (non-hydrogen) atoms. The van der Waals surface area contributed by atoms with Crippen LogP contribution in [0.1, 0.15) is 55.4 Å². The average Bonchev–Trinajstić information content (AvgIpc) is 3.32. The van der Waals surface area contributed by atoms with Gasteiger partial charge in [0.1, 0.15) is 5.75 Å². The summed E-state index contributed by atoms with van der Waals surface area (Å²) in [6, 6.07) is 11.9. The zero-order chi connectivity index (χ0) is 23.1. The molecular formula is C23H34B2O5S. The smallest absolute Gasteiger partial charge is 0.497 e. The van der Waals surface area contributed by atoms with E-state index in [-0.39, 0.29) is 36.6 Å². The quantitative estimate of drug-likeness (QED) is 0.669. The Morgan fingerprint density at radius 2 is 1.16 bits per heavy atom. The maximum Gasteiger partial charge on any atom is 0.505 e.